The third-order valence-electron chi connectivity index (χ3n) is 0.219. The highest BCUT2D eigenvalue weighted by molar-refractivity contribution is 7.77. The molecule has 0 rings (SSSR count). The maximum Gasteiger partial charge on any atom is 0.106 e. The van der Waals surface area contributed by atoms with Gasteiger partial charge >= 0.3 is 0 Å². The molecule has 0 fully saturated rings. The molecule has 2 N–H and O–H groups in total. The molecular formula is C2H5N2O2S-. The van der Waals surface area contributed by atoms with Crippen LogP contribution in [0.15, 0.2) is 4.40 Å². The van der Waals surface area contributed by atoms with Crippen LogP contribution < -0.4 is 5.73 Å². The van der Waals surface area contributed by atoms with Crippen molar-refractivity contribution in [2.75, 3.05) is 0 Å². The van der Waals surface area contributed by atoms with Gasteiger partial charge in [0.15, 0.2) is 0 Å². The first-order valence-electron chi connectivity index (χ1n) is 1.53. The van der Waals surface area contributed by atoms with Gasteiger partial charge in [0.05, 0.1) is 11.3 Å². The second kappa shape index (κ2) is 2.70. The lowest BCUT2D eigenvalue weighted by Crippen LogP contribution is -2.05. The number of nitrogens with two attached hydrogens (primary N) is 1. The van der Waals surface area contributed by atoms with Crippen LogP contribution in [0.1, 0.15) is 6.92 Å². The van der Waals surface area contributed by atoms with Crippen LogP contribution >= 0.6 is 0 Å². The smallest absolute Gasteiger partial charge is 0.106 e. The lowest BCUT2D eigenvalue weighted by Gasteiger charge is -1.93. The summed E-state index contributed by atoms with van der Waals surface area (Å²) in [7, 11) is 0. The van der Waals surface area contributed by atoms with Gasteiger partial charge in [0, 0.05) is 0 Å². The van der Waals surface area contributed by atoms with Gasteiger partial charge in [0.2, 0.25) is 0 Å². The third kappa shape index (κ3) is 5.58. The van der Waals surface area contributed by atoms with E-state index in [1.54, 1.807) is 0 Å². The quantitative estimate of drug-likeness (QED) is 0.279. The van der Waals surface area contributed by atoms with Gasteiger partial charge < -0.3 is 10.3 Å². The van der Waals surface area contributed by atoms with Crippen LogP contribution in [0.3, 0.4) is 0 Å². The first-order valence-corrected chi connectivity index (χ1v) is 2.56. The molecule has 0 aromatic rings. The fourth-order valence-corrected chi connectivity index (χ4v) is 0.353. The molecule has 0 heterocycles. The highest BCUT2D eigenvalue weighted by Gasteiger charge is 1.72. The van der Waals surface area contributed by atoms with E-state index >= 15 is 0 Å². The molecule has 0 saturated heterocycles. The molecule has 5 heteroatoms. The number of hydrogen-bond acceptors (Lipinski definition) is 2. The summed E-state index contributed by atoms with van der Waals surface area (Å²) in [6.07, 6.45) is 0. The lowest BCUT2D eigenvalue weighted by molar-refractivity contribution is 0.539. The van der Waals surface area contributed by atoms with Crippen LogP contribution in [0.2, 0.25) is 0 Å². The first kappa shape index (κ1) is 6.58. The van der Waals surface area contributed by atoms with E-state index in [1.807, 2.05) is 0 Å². The molecule has 0 radical (unpaired) electrons. The largest absolute Gasteiger partial charge is 0.754 e. The Morgan fingerprint density at radius 3 is 2.43 bits per heavy atom. The van der Waals surface area contributed by atoms with Crippen LogP contribution in [0.4, 0.5) is 0 Å². The van der Waals surface area contributed by atoms with Crippen molar-refractivity contribution < 1.29 is 8.76 Å². The summed E-state index contributed by atoms with van der Waals surface area (Å²) in [4.78, 5) is 0. The van der Waals surface area contributed by atoms with Crippen molar-refractivity contribution >= 4 is 17.1 Å². The molecule has 1 atom stereocenters. The summed E-state index contributed by atoms with van der Waals surface area (Å²) in [6.45, 7) is 1.40. The molecule has 0 amide bonds. The van der Waals surface area contributed by atoms with Crippen molar-refractivity contribution in [1.82, 2.24) is 0 Å². The van der Waals surface area contributed by atoms with Crippen molar-refractivity contribution in [2.45, 2.75) is 6.92 Å². The van der Waals surface area contributed by atoms with Crippen molar-refractivity contribution in [3.8, 4) is 0 Å². The van der Waals surface area contributed by atoms with E-state index in [2.05, 4.69) is 4.40 Å². The zero-order valence-corrected chi connectivity index (χ0v) is 4.57. The molecular weight excluding hydrogens is 116 g/mol. The zero-order valence-electron chi connectivity index (χ0n) is 3.75. The maximum atomic E-state index is 9.54. The van der Waals surface area contributed by atoms with Gasteiger partial charge in [-0.15, -0.1) is 0 Å². The Morgan fingerprint density at radius 1 is 2.00 bits per heavy atom. The molecule has 0 aliphatic rings. The molecule has 7 heavy (non-hydrogen) atoms. The number of nitrogens with zero attached hydrogens (tertiary/aromatic N) is 1. The topological polar surface area (TPSA) is 78.5 Å². The second-order valence-corrected chi connectivity index (χ2v) is 1.57. The van der Waals surface area contributed by atoms with Crippen molar-refractivity contribution in [3.05, 3.63) is 0 Å². The Morgan fingerprint density at radius 2 is 2.43 bits per heavy atom. The monoisotopic (exact) mass is 121 g/mol. The van der Waals surface area contributed by atoms with Crippen molar-refractivity contribution in [1.29, 1.82) is 0 Å². The molecule has 0 spiro atoms. The van der Waals surface area contributed by atoms with Gasteiger partial charge in [0.25, 0.3) is 0 Å². The number of amidine groups is 1. The van der Waals surface area contributed by atoms with Crippen molar-refractivity contribution in [3.63, 3.8) is 0 Å². The molecule has 0 aliphatic carbocycles. The van der Waals surface area contributed by atoms with E-state index < -0.39 is 11.3 Å². The molecule has 0 aromatic carbocycles. The van der Waals surface area contributed by atoms with E-state index in [0.29, 0.717) is 0 Å². The SMILES string of the molecule is CC(N)=NS(=O)[O-]. The Hall–Kier alpha value is -0.420. The second-order valence-electron chi connectivity index (χ2n) is 0.950. The molecule has 0 aliphatic heterocycles. The summed E-state index contributed by atoms with van der Waals surface area (Å²) >= 11 is -2.38. The first-order chi connectivity index (χ1) is 3.13. The van der Waals surface area contributed by atoms with Gasteiger partial charge in [-0.1, -0.05) is 0 Å². The maximum absolute atomic E-state index is 9.54. The summed E-state index contributed by atoms with van der Waals surface area (Å²) in [5.74, 6) is 0.0494. The normalized spacial score (nSPS) is 16.6. The van der Waals surface area contributed by atoms with Crippen LogP contribution in [-0.2, 0) is 11.3 Å². The molecule has 0 bridgehead atoms. The van der Waals surface area contributed by atoms with Gasteiger partial charge in [0.1, 0.15) is 5.84 Å². The minimum atomic E-state index is -2.38. The molecule has 4 nitrogen and oxygen atoms in total. The fourth-order valence-electron chi connectivity index (χ4n) is 0.118. The lowest BCUT2D eigenvalue weighted by atomic mass is 10.8. The van der Waals surface area contributed by atoms with E-state index in [0.717, 1.165) is 0 Å². The summed E-state index contributed by atoms with van der Waals surface area (Å²) in [5.41, 5.74) is 4.85. The molecule has 42 valence electrons. The van der Waals surface area contributed by atoms with Gasteiger partial charge in [-0.25, -0.2) is 0 Å². The molecule has 0 saturated carbocycles. The van der Waals surface area contributed by atoms with E-state index in [9.17, 15) is 8.76 Å². The Balaban J connectivity index is 3.68. The Kier molecular flexibility index (Phi) is 2.54. The number of rotatable bonds is 1. The zero-order chi connectivity index (χ0) is 5.86. The van der Waals surface area contributed by atoms with Gasteiger partial charge in [-0.05, 0) is 6.92 Å². The summed E-state index contributed by atoms with van der Waals surface area (Å²) in [6, 6.07) is 0. The standard InChI is InChI=1S/C2H6N2O2S/c1-2(3)4-7(5)6/h1H3,(H2,3,4)(H,5,6)/p-1. The highest BCUT2D eigenvalue weighted by Crippen LogP contribution is 1.71. The minimum Gasteiger partial charge on any atom is -0.754 e. The van der Waals surface area contributed by atoms with E-state index in [-0.39, 0.29) is 5.84 Å². The van der Waals surface area contributed by atoms with E-state index in [1.165, 1.54) is 6.92 Å². The van der Waals surface area contributed by atoms with E-state index in [4.69, 9.17) is 5.73 Å². The average molecular weight is 121 g/mol. The summed E-state index contributed by atoms with van der Waals surface area (Å²) < 4.78 is 22.0. The third-order valence-corrected chi connectivity index (χ3v) is 0.656. The summed E-state index contributed by atoms with van der Waals surface area (Å²) in [5, 5.41) is 0. The minimum absolute atomic E-state index is 0.0494. The Labute approximate surface area is 43.9 Å². The van der Waals surface area contributed by atoms with Crippen LogP contribution in [0.25, 0.3) is 0 Å². The predicted octanol–water partition coefficient (Wildman–Crippen LogP) is -0.842. The Bertz CT molecular complexity index is 106. The highest BCUT2D eigenvalue weighted by atomic mass is 32.2. The van der Waals surface area contributed by atoms with Crippen LogP contribution in [0, 0.1) is 0 Å². The average Bonchev–Trinajstić information content (AvgIpc) is 1.27. The van der Waals surface area contributed by atoms with Crippen LogP contribution in [-0.4, -0.2) is 14.6 Å². The number of hydrogen-bond donors (Lipinski definition) is 1. The molecule has 1 unspecified atom stereocenters. The predicted molar refractivity (Wildman–Crippen MR) is 26.2 cm³/mol. The van der Waals surface area contributed by atoms with Gasteiger partial charge in [-0.3, -0.25) is 4.21 Å². The fraction of sp³-hybridized carbons (Fsp3) is 0.500. The van der Waals surface area contributed by atoms with Crippen LogP contribution in [0.5, 0.6) is 0 Å². The molecule has 0 aromatic heterocycles. The van der Waals surface area contributed by atoms with Crippen molar-refractivity contribution in [2.24, 2.45) is 10.1 Å². The van der Waals surface area contributed by atoms with Gasteiger partial charge in [-0.2, -0.15) is 4.40 Å².